The molecule has 0 heterocycles. The fraction of sp³-hybridized carbons (Fsp3) is 0.250. The van der Waals surface area contributed by atoms with Crippen LogP contribution in [0.3, 0.4) is 0 Å². The maximum absolute atomic E-state index is 6.11. The molecule has 0 fully saturated rings. The molecule has 3 nitrogen and oxygen atoms in total. The molecule has 0 bridgehead atoms. The first kappa shape index (κ1) is 20.2. The number of rotatable bonds is 9. The van der Waals surface area contributed by atoms with E-state index in [4.69, 9.17) is 14.2 Å². The molecule has 0 aliphatic rings. The molecule has 0 aromatic heterocycles. The summed E-state index contributed by atoms with van der Waals surface area (Å²) in [5.41, 5.74) is 1.11. The summed E-state index contributed by atoms with van der Waals surface area (Å²) in [4.78, 5) is 0. The van der Waals surface area contributed by atoms with E-state index in [0.717, 1.165) is 29.0 Å². The van der Waals surface area contributed by atoms with Gasteiger partial charge in [-0.05, 0) is 48.9 Å². The predicted octanol–water partition coefficient (Wildman–Crippen LogP) is 5.55. The largest absolute Gasteiger partial charge is 0.494 e. The molecule has 0 spiro atoms. The Hall–Kier alpha value is -2.56. The van der Waals surface area contributed by atoms with Gasteiger partial charge in [0, 0.05) is 6.23 Å². The molecule has 4 heteroatoms. The minimum atomic E-state index is -1.70. The van der Waals surface area contributed by atoms with E-state index in [1.807, 2.05) is 61.5 Å². The zero-order valence-corrected chi connectivity index (χ0v) is 17.9. The molecule has 0 amide bonds. The summed E-state index contributed by atoms with van der Waals surface area (Å²) in [5.74, 6) is 2.60. The van der Waals surface area contributed by atoms with Crippen molar-refractivity contribution in [1.29, 1.82) is 0 Å². The van der Waals surface area contributed by atoms with Crippen LogP contribution in [-0.4, -0.2) is 20.9 Å². The van der Waals surface area contributed by atoms with Crippen molar-refractivity contribution in [2.45, 2.75) is 26.6 Å². The molecule has 0 saturated carbocycles. The van der Waals surface area contributed by atoms with E-state index in [2.05, 4.69) is 37.4 Å². The van der Waals surface area contributed by atoms with E-state index in [9.17, 15) is 0 Å². The molecule has 0 atom stereocenters. The van der Waals surface area contributed by atoms with E-state index >= 15 is 0 Å². The molecule has 0 aliphatic heterocycles. The summed E-state index contributed by atoms with van der Waals surface area (Å²) in [5, 5.41) is 1.35. The fourth-order valence-electron chi connectivity index (χ4n) is 3.00. The Bertz CT molecular complexity index is 878. The maximum atomic E-state index is 6.11. The summed E-state index contributed by atoms with van der Waals surface area (Å²) in [7, 11) is -1.70. The van der Waals surface area contributed by atoms with Crippen molar-refractivity contribution >= 4 is 13.3 Å². The van der Waals surface area contributed by atoms with Gasteiger partial charge >= 0.3 is 0 Å². The first-order chi connectivity index (χ1) is 13.6. The number of ether oxygens (including phenoxy) is 3. The molecular formula is C24H28O3Si. The molecule has 0 saturated heterocycles. The Morgan fingerprint density at radius 1 is 0.750 bits per heavy atom. The second-order valence-corrected chi connectivity index (χ2v) is 12.0. The van der Waals surface area contributed by atoms with E-state index in [1.54, 1.807) is 0 Å². The average molecular weight is 393 g/mol. The van der Waals surface area contributed by atoms with Crippen molar-refractivity contribution in [2.24, 2.45) is 0 Å². The second kappa shape index (κ2) is 9.58. The van der Waals surface area contributed by atoms with E-state index < -0.39 is 8.07 Å². The van der Waals surface area contributed by atoms with Crippen LogP contribution in [0.5, 0.6) is 17.2 Å². The predicted molar refractivity (Wildman–Crippen MR) is 117 cm³/mol. The van der Waals surface area contributed by atoms with Crippen LogP contribution in [0.15, 0.2) is 78.9 Å². The lowest BCUT2D eigenvalue weighted by molar-refractivity contribution is 0.160. The molecule has 0 N–H and O–H groups in total. The lowest BCUT2D eigenvalue weighted by Gasteiger charge is -2.23. The minimum absolute atomic E-state index is 0.577. The summed E-state index contributed by atoms with van der Waals surface area (Å²) in [6.45, 7) is 7.92. The highest BCUT2D eigenvalue weighted by atomic mass is 28.3. The number of para-hydroxylation sites is 1. The van der Waals surface area contributed by atoms with Gasteiger partial charge in [0.25, 0.3) is 0 Å². The van der Waals surface area contributed by atoms with Crippen LogP contribution >= 0.6 is 0 Å². The maximum Gasteiger partial charge on any atom is 0.127 e. The Morgan fingerprint density at radius 2 is 1.46 bits per heavy atom. The van der Waals surface area contributed by atoms with Crippen molar-refractivity contribution in [3.05, 3.63) is 84.4 Å². The van der Waals surface area contributed by atoms with Gasteiger partial charge in [-0.15, -0.1) is 0 Å². The molecule has 3 rings (SSSR count). The van der Waals surface area contributed by atoms with E-state index in [0.29, 0.717) is 13.2 Å². The van der Waals surface area contributed by atoms with Crippen molar-refractivity contribution in [3.63, 3.8) is 0 Å². The van der Waals surface area contributed by atoms with E-state index in [-0.39, 0.29) is 0 Å². The number of benzene rings is 3. The monoisotopic (exact) mass is 392 g/mol. The van der Waals surface area contributed by atoms with Gasteiger partial charge in [-0.1, -0.05) is 60.7 Å². The third kappa shape index (κ3) is 5.71. The van der Waals surface area contributed by atoms with Crippen LogP contribution in [0.4, 0.5) is 0 Å². The van der Waals surface area contributed by atoms with Crippen LogP contribution in [0.25, 0.3) is 0 Å². The molecule has 28 heavy (non-hydrogen) atoms. The van der Waals surface area contributed by atoms with Crippen molar-refractivity contribution in [1.82, 2.24) is 0 Å². The Labute approximate surface area is 168 Å². The highest BCUT2D eigenvalue weighted by Gasteiger charge is 2.24. The summed E-state index contributed by atoms with van der Waals surface area (Å²) < 4.78 is 17.7. The number of hydrogen-bond donors (Lipinski definition) is 0. The molecule has 146 valence electrons. The van der Waals surface area contributed by atoms with Crippen molar-refractivity contribution in [3.8, 4) is 17.2 Å². The van der Waals surface area contributed by atoms with Gasteiger partial charge in [0.2, 0.25) is 0 Å². The van der Waals surface area contributed by atoms with Crippen LogP contribution in [0.2, 0.25) is 13.1 Å². The number of hydrogen-bond acceptors (Lipinski definition) is 3. The Balaban J connectivity index is 1.58. The van der Waals surface area contributed by atoms with Crippen LogP contribution in [0.1, 0.15) is 12.5 Å². The van der Waals surface area contributed by atoms with Crippen molar-refractivity contribution in [2.75, 3.05) is 12.8 Å². The lowest BCUT2D eigenvalue weighted by atomic mass is 10.2. The summed E-state index contributed by atoms with van der Waals surface area (Å²) in [6, 6.07) is 26.3. The standard InChI is InChI=1S/C24H28O3Si/c1-4-26-22-13-9-15-24(17-22)28(2,3)19-25-18-20-10-8-14-23(16-20)27-21-11-6-5-7-12-21/h5-17H,4,18-19H2,1-3H3. The normalized spacial score (nSPS) is 11.2. The first-order valence-corrected chi connectivity index (χ1v) is 12.9. The highest BCUT2D eigenvalue weighted by Crippen LogP contribution is 2.22. The summed E-state index contributed by atoms with van der Waals surface area (Å²) in [6.07, 6.45) is 0.756. The third-order valence-electron chi connectivity index (χ3n) is 4.54. The first-order valence-electron chi connectivity index (χ1n) is 9.70. The van der Waals surface area contributed by atoms with Crippen LogP contribution in [0, 0.1) is 0 Å². The third-order valence-corrected chi connectivity index (χ3v) is 7.34. The van der Waals surface area contributed by atoms with Gasteiger partial charge < -0.3 is 14.2 Å². The van der Waals surface area contributed by atoms with Crippen molar-refractivity contribution < 1.29 is 14.2 Å². The fourth-order valence-corrected chi connectivity index (χ4v) is 4.86. The van der Waals surface area contributed by atoms with Gasteiger partial charge in [-0.25, -0.2) is 0 Å². The smallest absolute Gasteiger partial charge is 0.127 e. The SMILES string of the molecule is CCOc1cccc([Si](C)(C)COCc2cccc(Oc3ccccc3)c2)c1. The quantitative estimate of drug-likeness (QED) is 0.447. The molecule has 0 radical (unpaired) electrons. The van der Waals surface area contributed by atoms with E-state index in [1.165, 1.54) is 5.19 Å². The second-order valence-electron chi connectivity index (χ2n) is 7.40. The Morgan fingerprint density at radius 3 is 2.25 bits per heavy atom. The van der Waals surface area contributed by atoms with Gasteiger partial charge in [0.15, 0.2) is 0 Å². The van der Waals surface area contributed by atoms with Gasteiger partial charge in [0.05, 0.1) is 13.2 Å². The molecule has 0 aliphatic carbocycles. The highest BCUT2D eigenvalue weighted by molar-refractivity contribution is 6.89. The zero-order chi connectivity index (χ0) is 19.8. The minimum Gasteiger partial charge on any atom is -0.494 e. The average Bonchev–Trinajstić information content (AvgIpc) is 2.69. The van der Waals surface area contributed by atoms with Gasteiger partial charge in [-0.3, -0.25) is 0 Å². The van der Waals surface area contributed by atoms with Crippen LogP contribution in [-0.2, 0) is 11.3 Å². The zero-order valence-electron chi connectivity index (χ0n) is 16.9. The summed E-state index contributed by atoms with van der Waals surface area (Å²) >= 11 is 0. The topological polar surface area (TPSA) is 27.7 Å². The van der Waals surface area contributed by atoms with Gasteiger partial charge in [0.1, 0.15) is 25.3 Å². The molecular weight excluding hydrogens is 364 g/mol. The van der Waals surface area contributed by atoms with Crippen LogP contribution < -0.4 is 14.7 Å². The molecule has 3 aromatic rings. The molecule has 3 aromatic carbocycles. The molecule has 0 unspecified atom stereocenters. The Kier molecular flexibility index (Phi) is 6.90. The van der Waals surface area contributed by atoms with Gasteiger partial charge in [-0.2, -0.15) is 0 Å². The lowest BCUT2D eigenvalue weighted by Crippen LogP contribution is -2.46.